The Morgan fingerprint density at radius 3 is 2.87 bits per heavy atom. The lowest BCUT2D eigenvalue weighted by Crippen LogP contribution is -2.04. The van der Waals surface area contributed by atoms with Gasteiger partial charge in [-0.15, -0.1) is 11.3 Å². The molecular weight excluding hydrogens is 310 g/mol. The van der Waals surface area contributed by atoms with Gasteiger partial charge in [0.1, 0.15) is 5.65 Å². The fourth-order valence-corrected chi connectivity index (χ4v) is 4.04. The molecule has 0 aliphatic heterocycles. The van der Waals surface area contributed by atoms with E-state index in [4.69, 9.17) is 5.11 Å². The van der Waals surface area contributed by atoms with Crippen molar-refractivity contribution in [2.45, 2.75) is 38.0 Å². The summed E-state index contributed by atoms with van der Waals surface area (Å²) in [6.07, 6.45) is 10.2. The summed E-state index contributed by atoms with van der Waals surface area (Å²) in [5.41, 5.74) is 3.73. The van der Waals surface area contributed by atoms with Crippen molar-refractivity contribution in [3.05, 3.63) is 34.4 Å². The molecule has 0 aromatic carbocycles. The monoisotopic (exact) mass is 327 g/mol. The molecule has 3 heterocycles. The Labute approximate surface area is 137 Å². The Hall–Kier alpha value is -2.21. The Morgan fingerprint density at radius 1 is 1.30 bits per heavy atom. The van der Waals surface area contributed by atoms with E-state index in [0.29, 0.717) is 11.6 Å². The highest BCUT2D eigenvalue weighted by molar-refractivity contribution is 7.11. The van der Waals surface area contributed by atoms with E-state index in [2.05, 4.69) is 21.0 Å². The van der Waals surface area contributed by atoms with E-state index in [-0.39, 0.29) is 5.01 Å². The number of hydrogen-bond acceptors (Lipinski definition) is 4. The first-order valence-electron chi connectivity index (χ1n) is 7.88. The molecule has 3 aromatic heterocycles. The number of rotatable bonds is 3. The van der Waals surface area contributed by atoms with Gasteiger partial charge in [-0.3, -0.25) is 0 Å². The lowest BCUT2D eigenvalue weighted by Gasteiger charge is -2.21. The summed E-state index contributed by atoms with van der Waals surface area (Å²) in [6.45, 7) is 0. The fourth-order valence-electron chi connectivity index (χ4n) is 3.39. The van der Waals surface area contributed by atoms with Gasteiger partial charge in [-0.1, -0.05) is 19.3 Å². The summed E-state index contributed by atoms with van der Waals surface area (Å²) in [4.78, 5) is 23.0. The van der Waals surface area contributed by atoms with E-state index >= 15 is 0 Å². The minimum absolute atomic E-state index is 0.116. The zero-order valence-electron chi connectivity index (χ0n) is 12.6. The number of hydrogen-bond donors (Lipinski definition) is 2. The molecule has 1 aliphatic rings. The van der Waals surface area contributed by atoms with Crippen LogP contribution in [0.3, 0.4) is 0 Å². The zero-order chi connectivity index (χ0) is 15.8. The molecule has 5 nitrogen and oxygen atoms in total. The molecule has 4 rings (SSSR count). The second kappa shape index (κ2) is 5.77. The van der Waals surface area contributed by atoms with Crippen molar-refractivity contribution in [1.82, 2.24) is 15.0 Å². The van der Waals surface area contributed by atoms with Gasteiger partial charge in [0, 0.05) is 28.7 Å². The average molecular weight is 327 g/mol. The minimum atomic E-state index is -0.984. The second-order valence-electron chi connectivity index (χ2n) is 6.05. The first kappa shape index (κ1) is 14.4. The van der Waals surface area contributed by atoms with Gasteiger partial charge < -0.3 is 10.1 Å². The average Bonchev–Trinajstić information content (AvgIpc) is 3.21. The molecule has 3 aromatic rings. The Balaban J connectivity index is 1.76. The number of thiazole rings is 1. The molecule has 1 aliphatic carbocycles. The summed E-state index contributed by atoms with van der Waals surface area (Å²) in [7, 11) is 0. The van der Waals surface area contributed by atoms with Crippen LogP contribution in [0.1, 0.15) is 53.4 Å². The molecule has 0 saturated heterocycles. The zero-order valence-corrected chi connectivity index (χ0v) is 13.4. The van der Waals surface area contributed by atoms with Crippen LogP contribution in [0.5, 0.6) is 0 Å². The second-order valence-corrected chi connectivity index (χ2v) is 6.90. The number of carbonyl (C=O) groups is 1. The molecule has 0 bridgehead atoms. The van der Waals surface area contributed by atoms with Crippen LogP contribution in [-0.4, -0.2) is 26.0 Å². The molecule has 2 N–H and O–H groups in total. The summed E-state index contributed by atoms with van der Waals surface area (Å²) in [5.74, 6) is -0.393. The van der Waals surface area contributed by atoms with E-state index in [1.807, 2.05) is 12.4 Å². The molecule has 0 radical (unpaired) electrons. The van der Waals surface area contributed by atoms with Crippen molar-refractivity contribution in [3.8, 4) is 11.3 Å². The SMILES string of the molecule is O=C(O)c1nc(-c2c[nH]c3ncc(C4CCCCC4)cc23)cs1. The third-order valence-electron chi connectivity index (χ3n) is 4.59. The van der Waals surface area contributed by atoms with Gasteiger partial charge in [0.15, 0.2) is 0 Å². The lowest BCUT2D eigenvalue weighted by atomic mass is 9.84. The third-order valence-corrected chi connectivity index (χ3v) is 5.42. The van der Waals surface area contributed by atoms with Crippen molar-refractivity contribution in [2.75, 3.05) is 0 Å². The van der Waals surface area contributed by atoms with Gasteiger partial charge >= 0.3 is 5.97 Å². The molecule has 0 spiro atoms. The molecule has 6 heteroatoms. The van der Waals surface area contributed by atoms with Crippen LogP contribution < -0.4 is 0 Å². The number of aromatic amines is 1. The van der Waals surface area contributed by atoms with E-state index < -0.39 is 5.97 Å². The van der Waals surface area contributed by atoms with Gasteiger partial charge in [-0.25, -0.2) is 14.8 Å². The molecule has 0 amide bonds. The normalized spacial score (nSPS) is 16.0. The summed E-state index contributed by atoms with van der Waals surface area (Å²) in [6, 6.07) is 2.20. The van der Waals surface area contributed by atoms with E-state index in [1.54, 1.807) is 5.38 Å². The van der Waals surface area contributed by atoms with Crippen molar-refractivity contribution >= 4 is 28.3 Å². The van der Waals surface area contributed by atoms with Crippen molar-refractivity contribution < 1.29 is 9.90 Å². The lowest BCUT2D eigenvalue weighted by molar-refractivity contribution is 0.0696. The van der Waals surface area contributed by atoms with Gasteiger partial charge in [0.2, 0.25) is 5.01 Å². The maximum atomic E-state index is 11.0. The molecule has 23 heavy (non-hydrogen) atoms. The van der Waals surface area contributed by atoms with E-state index in [9.17, 15) is 4.79 Å². The van der Waals surface area contributed by atoms with Crippen LogP contribution in [-0.2, 0) is 0 Å². The minimum Gasteiger partial charge on any atom is -0.476 e. The van der Waals surface area contributed by atoms with Crippen LogP contribution in [0.15, 0.2) is 23.8 Å². The number of nitrogens with zero attached hydrogens (tertiary/aromatic N) is 2. The van der Waals surface area contributed by atoms with Gasteiger partial charge in [0.25, 0.3) is 0 Å². The highest BCUT2D eigenvalue weighted by atomic mass is 32.1. The number of H-pyrrole nitrogens is 1. The van der Waals surface area contributed by atoms with Crippen molar-refractivity contribution in [3.63, 3.8) is 0 Å². The molecule has 1 fully saturated rings. The first-order chi connectivity index (χ1) is 11.2. The Bertz CT molecular complexity index is 862. The first-order valence-corrected chi connectivity index (χ1v) is 8.76. The standard InChI is InChI=1S/C17H17N3O2S/c21-17(22)16-20-14(9-23-16)13-8-19-15-12(13)6-11(7-18-15)10-4-2-1-3-5-10/h6-10H,1-5H2,(H,18,19)(H,21,22). The number of aromatic nitrogens is 3. The predicted molar refractivity (Wildman–Crippen MR) is 90.0 cm³/mol. The fraction of sp³-hybridized carbons (Fsp3) is 0.353. The number of pyridine rings is 1. The van der Waals surface area contributed by atoms with Crippen LogP contribution >= 0.6 is 11.3 Å². The van der Waals surface area contributed by atoms with Crippen LogP contribution in [0.2, 0.25) is 0 Å². The highest BCUT2D eigenvalue weighted by Gasteiger charge is 2.18. The quantitative estimate of drug-likeness (QED) is 0.746. The number of carboxylic acids is 1. The summed E-state index contributed by atoms with van der Waals surface area (Å²) >= 11 is 1.15. The smallest absolute Gasteiger partial charge is 0.365 e. The highest BCUT2D eigenvalue weighted by Crippen LogP contribution is 2.35. The van der Waals surface area contributed by atoms with Crippen LogP contribution in [0, 0.1) is 0 Å². The predicted octanol–water partition coefficient (Wildman–Crippen LogP) is 4.43. The Morgan fingerprint density at radius 2 is 2.13 bits per heavy atom. The molecule has 0 unspecified atom stereocenters. The van der Waals surface area contributed by atoms with Crippen molar-refractivity contribution in [2.24, 2.45) is 0 Å². The van der Waals surface area contributed by atoms with Gasteiger partial charge in [0.05, 0.1) is 5.69 Å². The third kappa shape index (κ3) is 2.63. The maximum Gasteiger partial charge on any atom is 0.365 e. The maximum absolute atomic E-state index is 11.0. The summed E-state index contributed by atoms with van der Waals surface area (Å²) < 4.78 is 0. The summed E-state index contributed by atoms with van der Waals surface area (Å²) in [5, 5.41) is 12.0. The van der Waals surface area contributed by atoms with Crippen molar-refractivity contribution in [1.29, 1.82) is 0 Å². The Kier molecular flexibility index (Phi) is 3.61. The van der Waals surface area contributed by atoms with Gasteiger partial charge in [-0.2, -0.15) is 0 Å². The number of aromatic carboxylic acids is 1. The van der Waals surface area contributed by atoms with E-state index in [0.717, 1.165) is 27.9 Å². The van der Waals surface area contributed by atoms with Crippen LogP contribution in [0.4, 0.5) is 0 Å². The van der Waals surface area contributed by atoms with E-state index in [1.165, 1.54) is 37.7 Å². The molecule has 0 atom stereocenters. The molecule has 1 saturated carbocycles. The number of nitrogens with one attached hydrogen (secondary N) is 1. The van der Waals surface area contributed by atoms with Gasteiger partial charge in [-0.05, 0) is 30.4 Å². The molecular formula is C17H17N3O2S. The molecule has 118 valence electrons. The largest absolute Gasteiger partial charge is 0.476 e. The topological polar surface area (TPSA) is 78.9 Å². The van der Waals surface area contributed by atoms with Crippen LogP contribution in [0.25, 0.3) is 22.3 Å². The number of fused-ring (bicyclic) bond motifs is 1. The number of carboxylic acid groups (broad SMARTS) is 1.